The molecule has 2 unspecified atom stereocenters. The minimum Gasteiger partial charge on any atom is -0.493 e. The molecular formula is C16H21BrO. The van der Waals surface area contributed by atoms with Crippen LogP contribution in [0.4, 0.5) is 0 Å². The summed E-state index contributed by atoms with van der Waals surface area (Å²) >= 11 is 3.83. The molecule has 2 aliphatic rings. The molecule has 0 N–H and O–H groups in total. The highest BCUT2D eigenvalue weighted by Gasteiger charge is 2.24. The van der Waals surface area contributed by atoms with Gasteiger partial charge in [0, 0.05) is 4.83 Å². The average Bonchev–Trinajstić information content (AvgIpc) is 2.63. The highest BCUT2D eigenvalue weighted by molar-refractivity contribution is 9.09. The molecule has 1 aliphatic heterocycles. The van der Waals surface area contributed by atoms with Gasteiger partial charge < -0.3 is 4.74 Å². The normalized spacial score (nSPS) is 28.1. The summed E-state index contributed by atoms with van der Waals surface area (Å²) in [5.74, 6) is 1.90. The summed E-state index contributed by atoms with van der Waals surface area (Å²) in [5, 5.41) is 0. The summed E-state index contributed by atoms with van der Waals surface area (Å²) in [6.45, 7) is 0.897. The molecule has 0 saturated heterocycles. The lowest BCUT2D eigenvalue weighted by Gasteiger charge is -2.25. The third-order valence-electron chi connectivity index (χ3n) is 4.26. The van der Waals surface area contributed by atoms with Gasteiger partial charge in [-0.05, 0) is 49.1 Å². The Morgan fingerprint density at radius 1 is 1.11 bits per heavy atom. The van der Waals surface area contributed by atoms with Crippen molar-refractivity contribution < 1.29 is 4.74 Å². The predicted molar refractivity (Wildman–Crippen MR) is 78.8 cm³/mol. The first-order chi connectivity index (χ1) is 8.84. The van der Waals surface area contributed by atoms with Crippen molar-refractivity contribution in [1.29, 1.82) is 0 Å². The Hall–Kier alpha value is -0.500. The van der Waals surface area contributed by atoms with Gasteiger partial charge in [-0.15, -0.1) is 0 Å². The number of hydrogen-bond donors (Lipinski definition) is 0. The van der Waals surface area contributed by atoms with Crippen molar-refractivity contribution in [2.75, 3.05) is 6.61 Å². The molecule has 1 nitrogen and oxygen atoms in total. The third kappa shape index (κ3) is 2.59. The summed E-state index contributed by atoms with van der Waals surface area (Å²) < 4.78 is 5.97. The standard InChI is InChI=1S/C16H21BrO/c17-14-8-2-1-5-13(11-14)15-9-3-6-12-7-4-10-18-16(12)15/h3,6,9,13-14H,1-2,4-5,7-8,10-11H2. The van der Waals surface area contributed by atoms with Gasteiger partial charge in [-0.1, -0.05) is 47.0 Å². The van der Waals surface area contributed by atoms with Crippen molar-refractivity contribution in [1.82, 2.24) is 0 Å². The number of ether oxygens (including phenoxy) is 1. The molecule has 2 atom stereocenters. The summed E-state index contributed by atoms with van der Waals surface area (Å²) in [6.07, 6.45) is 8.99. The Morgan fingerprint density at radius 3 is 2.94 bits per heavy atom. The van der Waals surface area contributed by atoms with E-state index in [1.165, 1.54) is 61.8 Å². The third-order valence-corrected chi connectivity index (χ3v) is 5.10. The van der Waals surface area contributed by atoms with Crippen molar-refractivity contribution in [3.05, 3.63) is 29.3 Å². The number of hydrogen-bond acceptors (Lipinski definition) is 1. The summed E-state index contributed by atoms with van der Waals surface area (Å²) in [6, 6.07) is 6.75. The second-order valence-electron chi connectivity index (χ2n) is 5.60. The van der Waals surface area contributed by atoms with Gasteiger partial charge >= 0.3 is 0 Å². The molecule has 0 aromatic heterocycles. The fourth-order valence-corrected chi connectivity index (χ4v) is 4.09. The molecule has 0 bridgehead atoms. The van der Waals surface area contributed by atoms with E-state index < -0.39 is 0 Å². The van der Waals surface area contributed by atoms with Crippen molar-refractivity contribution in [3.63, 3.8) is 0 Å². The number of benzene rings is 1. The number of aryl methyl sites for hydroxylation is 1. The lowest BCUT2D eigenvalue weighted by molar-refractivity contribution is 0.282. The fourth-order valence-electron chi connectivity index (χ4n) is 3.32. The summed E-state index contributed by atoms with van der Waals surface area (Å²) in [7, 11) is 0. The van der Waals surface area contributed by atoms with Crippen LogP contribution < -0.4 is 4.74 Å². The smallest absolute Gasteiger partial charge is 0.125 e. The maximum atomic E-state index is 5.97. The molecule has 0 spiro atoms. The molecule has 1 saturated carbocycles. The van der Waals surface area contributed by atoms with Gasteiger partial charge in [-0.2, -0.15) is 0 Å². The molecule has 1 aliphatic carbocycles. The number of para-hydroxylation sites is 1. The van der Waals surface area contributed by atoms with Crippen LogP contribution in [-0.4, -0.2) is 11.4 Å². The first-order valence-corrected chi connectivity index (χ1v) is 8.15. The molecule has 0 radical (unpaired) electrons. The topological polar surface area (TPSA) is 9.23 Å². The van der Waals surface area contributed by atoms with Crippen molar-refractivity contribution in [2.45, 2.75) is 55.7 Å². The molecule has 3 rings (SSSR count). The van der Waals surface area contributed by atoms with Crippen LogP contribution in [0.25, 0.3) is 0 Å². The number of alkyl halides is 1. The van der Waals surface area contributed by atoms with E-state index in [0.717, 1.165) is 6.61 Å². The van der Waals surface area contributed by atoms with E-state index in [2.05, 4.69) is 34.1 Å². The van der Waals surface area contributed by atoms with Crippen LogP contribution in [0.1, 0.15) is 55.6 Å². The highest BCUT2D eigenvalue weighted by Crippen LogP contribution is 2.41. The van der Waals surface area contributed by atoms with Crippen LogP contribution in [0.5, 0.6) is 5.75 Å². The SMILES string of the molecule is BrC1CCCCC(c2cccc3c2OCCC3)C1. The predicted octanol–water partition coefficient (Wildman–Crippen LogP) is 4.82. The minimum atomic E-state index is 0.685. The Bertz CT molecular complexity index is 416. The molecule has 1 aromatic carbocycles. The summed E-state index contributed by atoms with van der Waals surface area (Å²) in [4.78, 5) is 0.685. The van der Waals surface area contributed by atoms with E-state index in [0.29, 0.717) is 10.7 Å². The lowest BCUT2D eigenvalue weighted by atomic mass is 9.88. The Labute approximate surface area is 118 Å². The molecular weight excluding hydrogens is 288 g/mol. The first kappa shape index (κ1) is 12.5. The first-order valence-electron chi connectivity index (χ1n) is 7.23. The van der Waals surface area contributed by atoms with Crippen molar-refractivity contribution in [2.24, 2.45) is 0 Å². The van der Waals surface area contributed by atoms with E-state index in [1.807, 2.05) is 0 Å². The van der Waals surface area contributed by atoms with Gasteiger partial charge in [0.15, 0.2) is 0 Å². The zero-order valence-corrected chi connectivity index (χ0v) is 12.4. The van der Waals surface area contributed by atoms with E-state index >= 15 is 0 Å². The molecule has 1 fully saturated rings. The van der Waals surface area contributed by atoms with Gasteiger partial charge in [0.1, 0.15) is 5.75 Å². The molecule has 18 heavy (non-hydrogen) atoms. The second kappa shape index (κ2) is 5.64. The number of halogens is 1. The van der Waals surface area contributed by atoms with E-state index in [1.54, 1.807) is 0 Å². The van der Waals surface area contributed by atoms with Crippen LogP contribution >= 0.6 is 15.9 Å². The Balaban J connectivity index is 1.90. The Kier molecular flexibility index (Phi) is 3.93. The van der Waals surface area contributed by atoms with Gasteiger partial charge in [0.25, 0.3) is 0 Å². The zero-order chi connectivity index (χ0) is 12.4. The van der Waals surface area contributed by atoms with Crippen LogP contribution in [-0.2, 0) is 6.42 Å². The van der Waals surface area contributed by atoms with Crippen LogP contribution in [0.2, 0.25) is 0 Å². The number of fused-ring (bicyclic) bond motifs is 1. The molecule has 0 amide bonds. The largest absolute Gasteiger partial charge is 0.493 e. The van der Waals surface area contributed by atoms with Gasteiger partial charge in [0.2, 0.25) is 0 Å². The zero-order valence-electron chi connectivity index (χ0n) is 10.8. The molecule has 98 valence electrons. The maximum absolute atomic E-state index is 5.97. The lowest BCUT2D eigenvalue weighted by Crippen LogP contribution is -2.13. The van der Waals surface area contributed by atoms with Gasteiger partial charge in [-0.25, -0.2) is 0 Å². The molecule has 1 aromatic rings. The van der Waals surface area contributed by atoms with Gasteiger partial charge in [0.05, 0.1) is 6.61 Å². The van der Waals surface area contributed by atoms with E-state index in [4.69, 9.17) is 4.74 Å². The fraction of sp³-hybridized carbons (Fsp3) is 0.625. The average molecular weight is 309 g/mol. The Morgan fingerprint density at radius 2 is 2.00 bits per heavy atom. The van der Waals surface area contributed by atoms with Crippen LogP contribution in [0.15, 0.2) is 18.2 Å². The quantitative estimate of drug-likeness (QED) is 0.534. The van der Waals surface area contributed by atoms with Crippen LogP contribution in [0.3, 0.4) is 0 Å². The summed E-state index contributed by atoms with van der Waals surface area (Å²) in [5.41, 5.74) is 2.90. The second-order valence-corrected chi connectivity index (χ2v) is 6.90. The maximum Gasteiger partial charge on any atom is 0.125 e. The monoisotopic (exact) mass is 308 g/mol. The number of rotatable bonds is 1. The van der Waals surface area contributed by atoms with E-state index in [9.17, 15) is 0 Å². The molecule has 2 heteroatoms. The molecule has 1 heterocycles. The van der Waals surface area contributed by atoms with Crippen molar-refractivity contribution in [3.8, 4) is 5.75 Å². The van der Waals surface area contributed by atoms with Gasteiger partial charge in [-0.3, -0.25) is 0 Å². The minimum absolute atomic E-state index is 0.685. The highest BCUT2D eigenvalue weighted by atomic mass is 79.9. The van der Waals surface area contributed by atoms with Crippen molar-refractivity contribution >= 4 is 15.9 Å². The van der Waals surface area contributed by atoms with E-state index in [-0.39, 0.29) is 0 Å². The van der Waals surface area contributed by atoms with Crippen LogP contribution in [0, 0.1) is 0 Å².